The Morgan fingerprint density at radius 3 is 2.44 bits per heavy atom. The van der Waals surface area contributed by atoms with Crippen LogP contribution in [0.15, 0.2) is 0 Å². The van der Waals surface area contributed by atoms with Crippen molar-refractivity contribution in [3.05, 3.63) is 0 Å². The summed E-state index contributed by atoms with van der Waals surface area (Å²) in [4.78, 5) is 14.3. The molecule has 106 valence electrons. The molecule has 0 unspecified atom stereocenters. The lowest BCUT2D eigenvalue weighted by atomic mass is 9.87. The van der Waals surface area contributed by atoms with E-state index in [1.807, 2.05) is 20.8 Å². The Morgan fingerprint density at radius 1 is 1.28 bits per heavy atom. The molecule has 0 aromatic carbocycles. The Bertz CT molecular complexity index is 254. The van der Waals surface area contributed by atoms with E-state index in [4.69, 9.17) is 5.73 Å². The van der Waals surface area contributed by atoms with Gasteiger partial charge in [-0.25, -0.2) is 0 Å². The first kappa shape index (κ1) is 15.4. The summed E-state index contributed by atoms with van der Waals surface area (Å²) >= 11 is 0. The zero-order valence-corrected chi connectivity index (χ0v) is 12.2. The van der Waals surface area contributed by atoms with Crippen LogP contribution in [0.4, 0.5) is 0 Å². The fraction of sp³-hybridized carbons (Fsp3) is 0.929. The summed E-state index contributed by atoms with van der Waals surface area (Å²) in [5, 5.41) is 2.94. The van der Waals surface area contributed by atoms with Crippen LogP contribution in [0.2, 0.25) is 0 Å². The molecule has 1 atom stereocenters. The number of piperidine rings is 1. The standard InChI is InChI=1S/C14H29N3O/c1-14(2,3)12(15)13(18)16-8-7-11-17-9-5-4-6-10-17/h12H,4-11,15H2,1-3H3,(H,16,18)/t12-/m1/s1. The molecule has 0 aromatic rings. The number of amides is 1. The molecule has 1 saturated heterocycles. The molecule has 0 bridgehead atoms. The van der Waals surface area contributed by atoms with Gasteiger partial charge < -0.3 is 16.0 Å². The third-order valence-electron chi connectivity index (χ3n) is 3.61. The number of nitrogens with one attached hydrogen (secondary N) is 1. The van der Waals surface area contributed by atoms with Crippen LogP contribution < -0.4 is 11.1 Å². The van der Waals surface area contributed by atoms with Crippen LogP contribution >= 0.6 is 0 Å². The molecule has 1 rings (SSSR count). The SMILES string of the molecule is CC(C)(C)[C@H](N)C(=O)NCCCN1CCCCC1. The zero-order valence-electron chi connectivity index (χ0n) is 12.2. The van der Waals surface area contributed by atoms with Gasteiger partial charge in [0.2, 0.25) is 5.91 Å². The van der Waals surface area contributed by atoms with Gasteiger partial charge in [0.15, 0.2) is 0 Å². The second-order valence-electron chi connectivity index (χ2n) is 6.39. The van der Waals surface area contributed by atoms with Crippen LogP contribution in [0.3, 0.4) is 0 Å². The molecular formula is C14H29N3O. The normalized spacial score (nSPS) is 19.6. The molecule has 1 amide bonds. The lowest BCUT2D eigenvalue weighted by molar-refractivity contribution is -0.124. The topological polar surface area (TPSA) is 58.4 Å². The highest BCUT2D eigenvalue weighted by atomic mass is 16.2. The molecule has 3 N–H and O–H groups in total. The van der Waals surface area contributed by atoms with Gasteiger partial charge in [0.25, 0.3) is 0 Å². The zero-order chi connectivity index (χ0) is 13.6. The number of hydrogen-bond acceptors (Lipinski definition) is 3. The molecule has 1 aliphatic heterocycles. The van der Waals surface area contributed by atoms with Crippen LogP contribution in [-0.2, 0) is 4.79 Å². The molecule has 4 heteroatoms. The lowest BCUT2D eigenvalue weighted by Crippen LogP contribution is -2.49. The fourth-order valence-corrected chi connectivity index (χ4v) is 2.20. The highest BCUT2D eigenvalue weighted by Gasteiger charge is 2.26. The summed E-state index contributed by atoms with van der Waals surface area (Å²) in [5.74, 6) is -0.0267. The maximum Gasteiger partial charge on any atom is 0.237 e. The first-order chi connectivity index (χ1) is 8.41. The average Bonchev–Trinajstić information content (AvgIpc) is 2.33. The van der Waals surface area contributed by atoms with E-state index in [9.17, 15) is 4.79 Å². The van der Waals surface area contributed by atoms with Gasteiger partial charge in [-0.2, -0.15) is 0 Å². The van der Waals surface area contributed by atoms with Crippen molar-refractivity contribution in [3.63, 3.8) is 0 Å². The molecule has 1 fully saturated rings. The highest BCUT2D eigenvalue weighted by molar-refractivity contribution is 5.82. The highest BCUT2D eigenvalue weighted by Crippen LogP contribution is 2.17. The smallest absolute Gasteiger partial charge is 0.237 e. The fourth-order valence-electron chi connectivity index (χ4n) is 2.20. The number of carbonyl (C=O) groups excluding carboxylic acids is 1. The summed E-state index contributed by atoms with van der Waals surface area (Å²) in [6.07, 6.45) is 5.03. The number of rotatable bonds is 5. The maximum absolute atomic E-state index is 11.8. The largest absolute Gasteiger partial charge is 0.355 e. The van der Waals surface area contributed by atoms with Crippen LogP contribution in [0.5, 0.6) is 0 Å². The lowest BCUT2D eigenvalue weighted by Gasteiger charge is -2.27. The monoisotopic (exact) mass is 255 g/mol. The van der Waals surface area contributed by atoms with E-state index in [0.29, 0.717) is 0 Å². The van der Waals surface area contributed by atoms with Crippen LogP contribution in [0.25, 0.3) is 0 Å². The first-order valence-electron chi connectivity index (χ1n) is 7.17. The predicted octanol–water partition coefficient (Wildman–Crippen LogP) is 1.35. The minimum atomic E-state index is -0.424. The molecule has 0 saturated carbocycles. The molecule has 1 heterocycles. The Kier molecular flexibility index (Phi) is 6.09. The molecule has 0 spiro atoms. The van der Waals surface area contributed by atoms with Crippen molar-refractivity contribution < 1.29 is 4.79 Å². The van der Waals surface area contributed by atoms with Gasteiger partial charge in [0.1, 0.15) is 0 Å². The van der Waals surface area contributed by atoms with Gasteiger partial charge in [0, 0.05) is 6.54 Å². The molecule has 0 radical (unpaired) electrons. The van der Waals surface area contributed by atoms with Crippen molar-refractivity contribution in [1.29, 1.82) is 0 Å². The van der Waals surface area contributed by atoms with E-state index < -0.39 is 6.04 Å². The quantitative estimate of drug-likeness (QED) is 0.729. The van der Waals surface area contributed by atoms with E-state index in [1.54, 1.807) is 0 Å². The molecule has 18 heavy (non-hydrogen) atoms. The van der Waals surface area contributed by atoms with Crippen molar-refractivity contribution in [2.24, 2.45) is 11.1 Å². The summed E-state index contributed by atoms with van der Waals surface area (Å²) in [7, 11) is 0. The number of hydrogen-bond donors (Lipinski definition) is 2. The number of nitrogens with zero attached hydrogens (tertiary/aromatic N) is 1. The van der Waals surface area contributed by atoms with Crippen LogP contribution in [0, 0.1) is 5.41 Å². The maximum atomic E-state index is 11.8. The molecular weight excluding hydrogens is 226 g/mol. The van der Waals surface area contributed by atoms with Gasteiger partial charge >= 0.3 is 0 Å². The van der Waals surface area contributed by atoms with Crippen molar-refractivity contribution in [2.75, 3.05) is 26.2 Å². The van der Waals surface area contributed by atoms with E-state index in [1.165, 1.54) is 32.4 Å². The number of likely N-dealkylation sites (tertiary alicyclic amines) is 1. The van der Waals surface area contributed by atoms with Gasteiger partial charge in [-0.3, -0.25) is 4.79 Å². The van der Waals surface area contributed by atoms with Gasteiger partial charge in [-0.1, -0.05) is 27.2 Å². The summed E-state index contributed by atoms with van der Waals surface area (Å²) < 4.78 is 0. The van der Waals surface area contributed by atoms with Crippen molar-refractivity contribution >= 4 is 5.91 Å². The first-order valence-corrected chi connectivity index (χ1v) is 7.17. The Balaban J connectivity index is 2.11. The summed E-state index contributed by atoms with van der Waals surface area (Å²) in [5.41, 5.74) is 5.73. The predicted molar refractivity (Wildman–Crippen MR) is 75.3 cm³/mol. The minimum Gasteiger partial charge on any atom is -0.355 e. The Morgan fingerprint density at radius 2 is 1.89 bits per heavy atom. The molecule has 0 aliphatic carbocycles. The van der Waals surface area contributed by atoms with Crippen LogP contribution in [0.1, 0.15) is 46.5 Å². The molecule has 0 aromatic heterocycles. The van der Waals surface area contributed by atoms with E-state index >= 15 is 0 Å². The van der Waals surface area contributed by atoms with Crippen molar-refractivity contribution in [2.45, 2.75) is 52.5 Å². The van der Waals surface area contributed by atoms with Crippen molar-refractivity contribution in [1.82, 2.24) is 10.2 Å². The Hall–Kier alpha value is -0.610. The molecule has 4 nitrogen and oxygen atoms in total. The minimum absolute atomic E-state index is 0.0267. The summed E-state index contributed by atoms with van der Waals surface area (Å²) in [6.45, 7) is 10.2. The third-order valence-corrected chi connectivity index (χ3v) is 3.61. The van der Waals surface area contributed by atoms with Gasteiger partial charge in [0.05, 0.1) is 6.04 Å². The van der Waals surface area contributed by atoms with E-state index in [2.05, 4.69) is 10.2 Å². The van der Waals surface area contributed by atoms with E-state index in [0.717, 1.165) is 19.5 Å². The van der Waals surface area contributed by atoms with Crippen LogP contribution in [-0.4, -0.2) is 43.0 Å². The third kappa shape index (κ3) is 5.36. The summed E-state index contributed by atoms with van der Waals surface area (Å²) in [6, 6.07) is -0.424. The van der Waals surface area contributed by atoms with Gasteiger partial charge in [-0.15, -0.1) is 0 Å². The Labute approximate surface area is 111 Å². The van der Waals surface area contributed by atoms with Crippen molar-refractivity contribution in [3.8, 4) is 0 Å². The van der Waals surface area contributed by atoms with E-state index in [-0.39, 0.29) is 11.3 Å². The second kappa shape index (κ2) is 7.10. The second-order valence-corrected chi connectivity index (χ2v) is 6.39. The number of nitrogens with two attached hydrogens (primary N) is 1. The van der Waals surface area contributed by atoms with Gasteiger partial charge in [-0.05, 0) is 44.3 Å². The number of carbonyl (C=O) groups is 1. The average molecular weight is 255 g/mol. The molecule has 1 aliphatic rings.